The van der Waals surface area contributed by atoms with Gasteiger partial charge in [0.2, 0.25) is 0 Å². The zero-order valence-electron chi connectivity index (χ0n) is 23.7. The second kappa shape index (κ2) is 12.7. The highest BCUT2D eigenvalue weighted by molar-refractivity contribution is 5.83. The standard InChI is InChI=1S/C31H33FN8O2/c1-41-31(42-2)17-33-16-27-20-39(37-36-27)40(29-8-9-30-25(14-29)15-34-21-35-30)28-7-6-24-19-38(11-10-23(24)13-28)18-22-4-3-5-26(32)12-22/h3-9,12-15,20-21,31,33H,10-11,16-19H2,1-2H3. The van der Waals surface area contributed by atoms with E-state index in [9.17, 15) is 4.39 Å². The summed E-state index contributed by atoms with van der Waals surface area (Å²) < 4.78 is 24.2. The molecule has 216 valence electrons. The maximum absolute atomic E-state index is 13.7. The summed E-state index contributed by atoms with van der Waals surface area (Å²) >= 11 is 0. The molecule has 0 bridgehead atoms. The molecule has 3 heterocycles. The van der Waals surface area contributed by atoms with Gasteiger partial charge in [0.1, 0.15) is 12.1 Å². The van der Waals surface area contributed by atoms with Crippen molar-refractivity contribution in [3.05, 3.63) is 108 Å². The zero-order chi connectivity index (χ0) is 28.9. The SMILES string of the molecule is COC(CNCc1cn(N(c2ccc3c(c2)CCN(Cc2cccc(F)c2)C3)c2ccc3ncncc3c2)nn1)OC. The van der Waals surface area contributed by atoms with Crippen LogP contribution in [-0.2, 0) is 35.5 Å². The first kappa shape index (κ1) is 27.9. The van der Waals surface area contributed by atoms with Crippen LogP contribution in [0.5, 0.6) is 0 Å². The largest absolute Gasteiger partial charge is 0.355 e. The summed E-state index contributed by atoms with van der Waals surface area (Å²) in [6.45, 7) is 3.45. The lowest BCUT2D eigenvalue weighted by Gasteiger charge is -2.31. The van der Waals surface area contributed by atoms with E-state index in [2.05, 4.69) is 54.8 Å². The molecule has 42 heavy (non-hydrogen) atoms. The Morgan fingerprint density at radius 2 is 1.88 bits per heavy atom. The van der Waals surface area contributed by atoms with Gasteiger partial charge >= 0.3 is 0 Å². The number of nitrogens with one attached hydrogen (secondary N) is 1. The molecule has 0 aliphatic carbocycles. The second-order valence-corrected chi connectivity index (χ2v) is 10.3. The third-order valence-corrected chi connectivity index (χ3v) is 7.43. The van der Waals surface area contributed by atoms with Crippen LogP contribution in [0.4, 0.5) is 15.8 Å². The fraction of sp³-hybridized carbons (Fsp3) is 0.290. The number of ether oxygens (including phenoxy) is 2. The number of benzene rings is 3. The number of fused-ring (bicyclic) bond motifs is 2. The molecule has 6 rings (SSSR count). The van der Waals surface area contributed by atoms with Gasteiger partial charge in [0, 0.05) is 58.5 Å². The molecule has 1 N–H and O–H groups in total. The fourth-order valence-corrected chi connectivity index (χ4v) is 5.30. The smallest absolute Gasteiger partial charge is 0.169 e. The molecule has 11 heteroatoms. The van der Waals surface area contributed by atoms with Crippen LogP contribution in [0.25, 0.3) is 10.9 Å². The van der Waals surface area contributed by atoms with Crippen LogP contribution in [0.15, 0.2) is 79.4 Å². The maximum Gasteiger partial charge on any atom is 0.169 e. The number of nitrogens with zero attached hydrogens (tertiary/aromatic N) is 7. The zero-order valence-corrected chi connectivity index (χ0v) is 23.7. The van der Waals surface area contributed by atoms with Gasteiger partial charge in [0.05, 0.1) is 28.8 Å². The topological polar surface area (TPSA) is 93.5 Å². The van der Waals surface area contributed by atoms with Crippen molar-refractivity contribution in [3.63, 3.8) is 0 Å². The molecule has 0 saturated carbocycles. The highest BCUT2D eigenvalue weighted by Gasteiger charge is 2.21. The van der Waals surface area contributed by atoms with Crippen LogP contribution in [0.3, 0.4) is 0 Å². The van der Waals surface area contributed by atoms with Crippen LogP contribution in [0.1, 0.15) is 22.4 Å². The first-order valence-corrected chi connectivity index (χ1v) is 13.9. The predicted octanol–water partition coefficient (Wildman–Crippen LogP) is 4.23. The van der Waals surface area contributed by atoms with Crippen LogP contribution >= 0.6 is 0 Å². The summed E-state index contributed by atoms with van der Waals surface area (Å²) in [5.41, 5.74) is 7.05. The van der Waals surface area contributed by atoms with E-state index < -0.39 is 0 Å². The van der Waals surface area contributed by atoms with Crippen molar-refractivity contribution in [2.75, 3.05) is 32.3 Å². The van der Waals surface area contributed by atoms with Gasteiger partial charge in [0.25, 0.3) is 0 Å². The van der Waals surface area contributed by atoms with Crippen molar-refractivity contribution < 1.29 is 13.9 Å². The van der Waals surface area contributed by atoms with E-state index in [0.29, 0.717) is 13.1 Å². The third kappa shape index (κ3) is 6.29. The van der Waals surface area contributed by atoms with E-state index in [-0.39, 0.29) is 12.1 Å². The average Bonchev–Trinajstić information content (AvgIpc) is 3.47. The number of aromatic nitrogens is 5. The molecule has 5 aromatic rings. The summed E-state index contributed by atoms with van der Waals surface area (Å²) in [5.74, 6) is -0.198. The van der Waals surface area contributed by atoms with Gasteiger partial charge in [-0.25, -0.2) is 19.4 Å². The summed E-state index contributed by atoms with van der Waals surface area (Å²) in [4.78, 5) is 12.7. The predicted molar refractivity (Wildman–Crippen MR) is 157 cm³/mol. The van der Waals surface area contributed by atoms with Crippen LogP contribution in [0.2, 0.25) is 0 Å². The quantitative estimate of drug-likeness (QED) is 0.235. The van der Waals surface area contributed by atoms with E-state index in [0.717, 1.165) is 59.6 Å². The number of rotatable bonds is 11. The Bertz CT molecular complexity index is 1660. The molecular formula is C31H33FN8O2. The number of methoxy groups -OCH3 is 2. The monoisotopic (exact) mass is 568 g/mol. The normalized spacial score (nSPS) is 13.5. The van der Waals surface area contributed by atoms with Gasteiger partial charge < -0.3 is 14.8 Å². The minimum atomic E-state index is -0.336. The lowest BCUT2D eigenvalue weighted by molar-refractivity contribution is -0.0989. The Morgan fingerprint density at radius 1 is 1.02 bits per heavy atom. The van der Waals surface area contributed by atoms with Crippen molar-refractivity contribution in [2.45, 2.75) is 32.3 Å². The van der Waals surface area contributed by atoms with Gasteiger partial charge in [-0.3, -0.25) is 4.90 Å². The van der Waals surface area contributed by atoms with E-state index in [1.54, 1.807) is 37.5 Å². The van der Waals surface area contributed by atoms with Gasteiger partial charge in [-0.15, -0.1) is 5.10 Å². The Balaban J connectivity index is 1.27. The third-order valence-electron chi connectivity index (χ3n) is 7.43. The summed E-state index contributed by atoms with van der Waals surface area (Å²) in [7, 11) is 3.22. The first-order chi connectivity index (χ1) is 20.6. The Labute approximate surface area is 243 Å². The molecular weight excluding hydrogens is 535 g/mol. The van der Waals surface area contributed by atoms with E-state index >= 15 is 0 Å². The number of halogens is 1. The van der Waals surface area contributed by atoms with Crippen LogP contribution in [0, 0.1) is 5.82 Å². The highest BCUT2D eigenvalue weighted by Crippen LogP contribution is 2.32. The van der Waals surface area contributed by atoms with Gasteiger partial charge in [0.15, 0.2) is 6.29 Å². The Kier molecular flexibility index (Phi) is 8.42. The summed E-state index contributed by atoms with van der Waals surface area (Å²) in [5, 5.41) is 15.2. The van der Waals surface area contributed by atoms with Gasteiger partial charge in [-0.2, -0.15) is 4.79 Å². The maximum atomic E-state index is 13.7. The van der Waals surface area contributed by atoms with E-state index in [1.165, 1.54) is 17.2 Å². The highest BCUT2D eigenvalue weighted by atomic mass is 19.1. The molecule has 3 aromatic carbocycles. The number of hydrogen-bond donors (Lipinski definition) is 1. The van der Waals surface area contributed by atoms with Gasteiger partial charge in [-0.1, -0.05) is 18.2 Å². The van der Waals surface area contributed by atoms with Crippen LogP contribution < -0.4 is 10.3 Å². The summed E-state index contributed by atoms with van der Waals surface area (Å²) in [6, 6.07) is 19.4. The lowest BCUT2D eigenvalue weighted by atomic mass is 9.98. The molecule has 0 atom stereocenters. The van der Waals surface area contributed by atoms with E-state index in [1.807, 2.05) is 35.6 Å². The van der Waals surface area contributed by atoms with Crippen LogP contribution in [-0.4, -0.2) is 63.6 Å². The molecule has 0 spiro atoms. The van der Waals surface area contributed by atoms with E-state index in [4.69, 9.17) is 9.47 Å². The summed E-state index contributed by atoms with van der Waals surface area (Å²) in [6.07, 6.45) is 5.83. The number of hydrogen-bond acceptors (Lipinski definition) is 9. The van der Waals surface area contributed by atoms with Crippen molar-refractivity contribution in [2.24, 2.45) is 0 Å². The fourth-order valence-electron chi connectivity index (χ4n) is 5.30. The van der Waals surface area contributed by atoms with Crippen molar-refractivity contribution in [3.8, 4) is 0 Å². The molecule has 2 aromatic heterocycles. The molecule has 0 saturated heterocycles. The molecule has 1 aliphatic heterocycles. The molecule has 0 amide bonds. The minimum absolute atomic E-state index is 0.198. The molecule has 1 aliphatic rings. The Hall–Kier alpha value is -4.29. The van der Waals surface area contributed by atoms with Crippen molar-refractivity contribution >= 4 is 22.3 Å². The molecule has 0 fully saturated rings. The lowest BCUT2D eigenvalue weighted by Crippen LogP contribution is -2.31. The first-order valence-electron chi connectivity index (χ1n) is 13.9. The average molecular weight is 569 g/mol. The molecule has 0 radical (unpaired) electrons. The molecule has 0 unspecified atom stereocenters. The second-order valence-electron chi connectivity index (χ2n) is 10.3. The van der Waals surface area contributed by atoms with Gasteiger partial charge in [-0.05, 0) is 70.8 Å². The van der Waals surface area contributed by atoms with Crippen molar-refractivity contribution in [1.29, 1.82) is 0 Å². The minimum Gasteiger partial charge on any atom is -0.355 e. The van der Waals surface area contributed by atoms with Crippen molar-refractivity contribution in [1.82, 2.24) is 35.3 Å². The Morgan fingerprint density at radius 3 is 2.74 bits per heavy atom. The molecule has 10 nitrogen and oxygen atoms in total. The number of anilines is 2.